The quantitative estimate of drug-likeness (QED) is 0.0949. The Kier molecular flexibility index (Phi) is 12.8. The molecule has 0 saturated carbocycles. The van der Waals surface area contributed by atoms with E-state index in [1.807, 2.05) is 60.7 Å². The number of aromatic nitrogens is 3. The summed E-state index contributed by atoms with van der Waals surface area (Å²) in [5.41, 5.74) is 5.32. The Labute approximate surface area is 341 Å². The van der Waals surface area contributed by atoms with Gasteiger partial charge in [0.1, 0.15) is 17.9 Å². The van der Waals surface area contributed by atoms with Gasteiger partial charge >= 0.3 is 18.0 Å². The molecule has 2 fully saturated rings. The average molecular weight is 800 g/mol. The molecule has 0 radical (unpaired) electrons. The fraction of sp³-hybridized carbons (Fsp3) is 0.318. The van der Waals surface area contributed by atoms with E-state index >= 15 is 0 Å². The van der Waals surface area contributed by atoms with Crippen LogP contribution in [0, 0.1) is 4.91 Å². The molecular weight excluding hydrogens is 753 g/mol. The van der Waals surface area contributed by atoms with E-state index in [0.29, 0.717) is 54.1 Å². The zero-order chi connectivity index (χ0) is 41.3. The number of likely N-dealkylation sites (tertiary alicyclic amines) is 2. The molecule has 0 spiro atoms. The van der Waals surface area contributed by atoms with Crippen LogP contribution in [0.2, 0.25) is 0 Å². The van der Waals surface area contributed by atoms with Crippen molar-refractivity contribution in [3.8, 4) is 22.5 Å². The highest BCUT2D eigenvalue weighted by atomic mass is 16.5. The number of nitrogens with zero attached hydrogens (tertiary/aromatic N) is 5. The minimum atomic E-state index is -1.03. The van der Waals surface area contributed by atoms with Crippen LogP contribution in [0.4, 0.5) is 4.79 Å². The third-order valence-electron chi connectivity index (χ3n) is 10.8. The number of alkyl carbamates (subject to hydrolysis) is 1. The van der Waals surface area contributed by atoms with Gasteiger partial charge in [0.25, 0.3) is 12.6 Å². The molecule has 2 saturated heterocycles. The van der Waals surface area contributed by atoms with Crippen molar-refractivity contribution in [2.45, 2.75) is 56.4 Å². The van der Waals surface area contributed by atoms with Crippen LogP contribution in [0.15, 0.2) is 109 Å². The van der Waals surface area contributed by atoms with Gasteiger partial charge in [0.15, 0.2) is 0 Å². The summed E-state index contributed by atoms with van der Waals surface area (Å²) >= 11 is 0. The van der Waals surface area contributed by atoms with Crippen molar-refractivity contribution in [2.24, 2.45) is 0 Å². The summed E-state index contributed by atoms with van der Waals surface area (Å²) < 4.78 is 10.5. The summed E-state index contributed by atoms with van der Waals surface area (Å²) in [7, 11) is 2.67. The van der Waals surface area contributed by atoms with Gasteiger partial charge in [-0.1, -0.05) is 84.9 Å². The first-order valence-electron chi connectivity index (χ1n) is 19.6. The first kappa shape index (κ1) is 40.5. The van der Waals surface area contributed by atoms with E-state index in [1.54, 1.807) is 53.7 Å². The van der Waals surface area contributed by atoms with Gasteiger partial charge in [-0.3, -0.25) is 19.4 Å². The Morgan fingerprint density at radius 1 is 0.797 bits per heavy atom. The number of H-pyrrole nitrogens is 1. The van der Waals surface area contributed by atoms with E-state index in [0.717, 1.165) is 34.5 Å². The number of aromatic amines is 1. The van der Waals surface area contributed by atoms with Gasteiger partial charge in [0, 0.05) is 59.3 Å². The van der Waals surface area contributed by atoms with Gasteiger partial charge in [-0.25, -0.2) is 9.78 Å². The minimum absolute atomic E-state index is 0.235. The van der Waals surface area contributed by atoms with Crippen molar-refractivity contribution in [3.05, 3.63) is 137 Å². The SMILES string of the molecule is COC[N+](=O)C(C(=O)N1CCCC1c1ncc(-c2ccc(-c3ccc(CNC(=O)C4CCCN4C(=O)C(NC(=O)OC)c4ccccc4)cc3)nc2)[nH]1)c1ccccc1. The molecule has 0 bridgehead atoms. The molecule has 5 aromatic rings. The largest absolute Gasteiger partial charge is 0.453 e. The first-order chi connectivity index (χ1) is 28.7. The number of methoxy groups -OCH3 is 2. The summed E-state index contributed by atoms with van der Waals surface area (Å²) in [6.07, 6.45) is 5.44. The molecule has 2 aliphatic rings. The van der Waals surface area contributed by atoms with Gasteiger partial charge in [0.2, 0.25) is 5.91 Å². The van der Waals surface area contributed by atoms with E-state index < -0.39 is 24.2 Å². The van der Waals surface area contributed by atoms with Gasteiger partial charge in [0.05, 0.1) is 30.7 Å². The van der Waals surface area contributed by atoms with Crippen molar-refractivity contribution in [1.29, 1.82) is 0 Å². The number of imidazole rings is 1. The minimum Gasteiger partial charge on any atom is -0.453 e. The molecule has 59 heavy (non-hydrogen) atoms. The van der Waals surface area contributed by atoms with Gasteiger partial charge in [-0.2, -0.15) is 0 Å². The number of benzene rings is 3. The van der Waals surface area contributed by atoms with Gasteiger partial charge in [-0.15, -0.1) is 0 Å². The van der Waals surface area contributed by atoms with E-state index in [2.05, 4.69) is 20.6 Å². The summed E-state index contributed by atoms with van der Waals surface area (Å²) in [4.78, 5) is 82.1. The molecule has 3 N–H and O–H groups in total. The maximum absolute atomic E-state index is 13.9. The van der Waals surface area contributed by atoms with Crippen molar-refractivity contribution < 1.29 is 33.4 Å². The highest BCUT2D eigenvalue weighted by Gasteiger charge is 2.43. The summed E-state index contributed by atoms with van der Waals surface area (Å²) in [6.45, 7) is 0.951. The highest BCUT2D eigenvalue weighted by Crippen LogP contribution is 2.35. The molecule has 4 heterocycles. The Morgan fingerprint density at radius 3 is 2.15 bits per heavy atom. The smallest absolute Gasteiger partial charge is 0.407 e. The van der Waals surface area contributed by atoms with Crippen molar-refractivity contribution >= 4 is 23.8 Å². The fourth-order valence-corrected chi connectivity index (χ4v) is 7.80. The zero-order valence-corrected chi connectivity index (χ0v) is 33.0. The van der Waals surface area contributed by atoms with Crippen LogP contribution in [0.3, 0.4) is 0 Å². The number of hydrogen-bond donors (Lipinski definition) is 3. The number of ether oxygens (including phenoxy) is 2. The van der Waals surface area contributed by atoms with Gasteiger partial charge < -0.3 is 34.9 Å². The molecule has 0 aliphatic carbocycles. The lowest BCUT2D eigenvalue weighted by Crippen LogP contribution is -2.50. The lowest BCUT2D eigenvalue weighted by atomic mass is 10.0. The first-order valence-corrected chi connectivity index (χ1v) is 19.6. The summed E-state index contributed by atoms with van der Waals surface area (Å²) in [5.74, 6) is -0.276. The lowest BCUT2D eigenvalue weighted by molar-refractivity contribution is -0.613. The van der Waals surface area contributed by atoms with Crippen LogP contribution < -0.4 is 10.6 Å². The number of carbonyl (C=O) groups excluding carboxylic acids is 4. The molecule has 4 amide bonds. The fourth-order valence-electron chi connectivity index (χ4n) is 7.80. The summed E-state index contributed by atoms with van der Waals surface area (Å²) in [6, 6.07) is 26.5. The third kappa shape index (κ3) is 9.20. The predicted octanol–water partition coefficient (Wildman–Crippen LogP) is 5.63. The Morgan fingerprint density at radius 2 is 1.47 bits per heavy atom. The Bertz CT molecular complexity index is 2250. The second-order valence-electron chi connectivity index (χ2n) is 14.5. The number of rotatable bonds is 14. The number of pyridine rings is 1. The third-order valence-corrected chi connectivity index (χ3v) is 10.8. The van der Waals surface area contributed by atoms with Crippen molar-refractivity contribution in [2.75, 3.05) is 34.0 Å². The molecule has 4 atom stereocenters. The lowest BCUT2D eigenvalue weighted by Gasteiger charge is -2.28. The highest BCUT2D eigenvalue weighted by molar-refractivity contribution is 5.92. The number of carbonyl (C=O) groups is 4. The van der Waals surface area contributed by atoms with Crippen LogP contribution in [-0.4, -0.2) is 93.4 Å². The van der Waals surface area contributed by atoms with Crippen LogP contribution in [0.5, 0.6) is 0 Å². The maximum Gasteiger partial charge on any atom is 0.407 e. The van der Waals surface area contributed by atoms with E-state index in [1.165, 1.54) is 19.1 Å². The standard InChI is InChI=1S/C44H46N8O7/c1-58-28-52(57)39(32-13-7-4-8-14-32)43(55)50-23-9-15-36(50)40-46-27-35(48-40)33-21-22-34(45-26-33)30-19-17-29(18-20-30)25-47-41(53)37-16-10-24-51(37)42(54)38(49-44(56)59-2)31-11-5-3-6-12-31/h3-8,11-14,17-22,26-27,36-39H,9-10,15-16,23-25,28H2,1-2H3,(H2-,46,47,48,49,53,56)/p+1. The van der Waals surface area contributed by atoms with E-state index in [4.69, 9.17) is 14.5 Å². The van der Waals surface area contributed by atoms with E-state index in [9.17, 15) is 24.1 Å². The van der Waals surface area contributed by atoms with Crippen LogP contribution in [0.25, 0.3) is 22.5 Å². The molecule has 15 heteroatoms. The number of nitroso groups, excluding NO2 is 1. The molecule has 4 unspecified atom stereocenters. The molecule has 3 aromatic carbocycles. The monoisotopic (exact) mass is 799 g/mol. The second-order valence-corrected chi connectivity index (χ2v) is 14.5. The molecule has 2 aliphatic heterocycles. The van der Waals surface area contributed by atoms with Gasteiger partial charge in [-0.05, 0) is 48.9 Å². The molecule has 2 aromatic heterocycles. The second kappa shape index (κ2) is 18.7. The van der Waals surface area contributed by atoms with Crippen LogP contribution in [0.1, 0.15) is 66.3 Å². The predicted molar refractivity (Wildman–Crippen MR) is 217 cm³/mol. The number of nitrogens with one attached hydrogen (secondary N) is 3. The maximum atomic E-state index is 13.9. The number of amides is 4. The zero-order valence-electron chi connectivity index (χ0n) is 33.0. The normalized spacial score (nSPS) is 17.3. The molecule has 304 valence electrons. The topological polar surface area (TPSA) is 179 Å². The van der Waals surface area contributed by atoms with E-state index in [-0.39, 0.29) is 37.0 Å². The average Bonchev–Trinajstić information content (AvgIpc) is 4.08. The Balaban J connectivity index is 0.961. The molecule has 15 nitrogen and oxygen atoms in total. The van der Waals surface area contributed by atoms with Crippen molar-refractivity contribution in [3.63, 3.8) is 0 Å². The molecule has 7 rings (SSSR count). The van der Waals surface area contributed by atoms with Crippen LogP contribution in [-0.2, 0) is 30.4 Å². The van der Waals surface area contributed by atoms with Crippen molar-refractivity contribution in [1.82, 2.24) is 35.4 Å². The Hall–Kier alpha value is -6.74. The van der Waals surface area contributed by atoms with Crippen LogP contribution >= 0.6 is 0 Å². The molecular formula is C44H47N8O7+. The number of hydrogen-bond acceptors (Lipinski definition) is 9. The summed E-state index contributed by atoms with van der Waals surface area (Å²) in [5, 5.41) is 5.60.